The molecular weight excluding hydrogens is 288 g/mol. The van der Waals surface area contributed by atoms with Gasteiger partial charge >= 0.3 is 5.97 Å². The molecule has 2 rings (SSSR count). The first-order chi connectivity index (χ1) is 10.2. The van der Waals surface area contributed by atoms with Crippen LogP contribution < -0.4 is 5.32 Å². The van der Waals surface area contributed by atoms with Crippen molar-refractivity contribution in [2.24, 2.45) is 0 Å². The number of rotatable bonds is 4. The van der Waals surface area contributed by atoms with Crippen molar-refractivity contribution >= 4 is 23.2 Å². The van der Waals surface area contributed by atoms with Crippen molar-refractivity contribution < 1.29 is 14.3 Å². The average molecular weight is 306 g/mol. The smallest absolute Gasteiger partial charge is 0.348 e. The maximum Gasteiger partial charge on any atom is 0.348 e. The van der Waals surface area contributed by atoms with Crippen molar-refractivity contribution in [1.82, 2.24) is 5.32 Å². The van der Waals surface area contributed by atoms with Crippen LogP contribution in [0.15, 0.2) is 17.5 Å². The van der Waals surface area contributed by atoms with Crippen LogP contribution in [0.1, 0.15) is 48.2 Å². The van der Waals surface area contributed by atoms with Crippen molar-refractivity contribution in [2.45, 2.75) is 44.1 Å². The summed E-state index contributed by atoms with van der Waals surface area (Å²) in [4.78, 5) is 24.0. The Hall–Kier alpha value is -1.87. The zero-order valence-corrected chi connectivity index (χ0v) is 12.6. The van der Waals surface area contributed by atoms with E-state index in [0.29, 0.717) is 17.7 Å². The standard InChI is InChI=1S/C15H18N2O3S/c16-11-15(7-3-1-2-4-8-15)17-13(18)10-20-14(19)12-6-5-9-21-12/h5-6,9H,1-4,7-8,10H2,(H,17,18). The molecule has 5 nitrogen and oxygen atoms in total. The third-order valence-electron chi connectivity index (χ3n) is 3.61. The first kappa shape index (κ1) is 15.5. The van der Waals surface area contributed by atoms with Crippen molar-refractivity contribution in [3.8, 4) is 6.07 Å². The van der Waals surface area contributed by atoms with Crippen LogP contribution >= 0.6 is 11.3 Å². The molecule has 1 saturated carbocycles. The molecule has 0 radical (unpaired) electrons. The summed E-state index contributed by atoms with van der Waals surface area (Å²) < 4.78 is 4.96. The molecule has 21 heavy (non-hydrogen) atoms. The largest absolute Gasteiger partial charge is 0.451 e. The van der Waals surface area contributed by atoms with Crippen LogP contribution in [0, 0.1) is 11.3 Å². The summed E-state index contributed by atoms with van der Waals surface area (Å²) in [5.74, 6) is -0.921. The summed E-state index contributed by atoms with van der Waals surface area (Å²) in [6, 6.07) is 5.63. The van der Waals surface area contributed by atoms with Gasteiger partial charge in [0.2, 0.25) is 0 Å². The van der Waals surface area contributed by atoms with Crippen molar-refractivity contribution in [3.05, 3.63) is 22.4 Å². The lowest BCUT2D eigenvalue weighted by Gasteiger charge is -2.26. The van der Waals surface area contributed by atoms with E-state index in [4.69, 9.17) is 4.74 Å². The quantitative estimate of drug-likeness (QED) is 0.685. The molecule has 1 fully saturated rings. The normalized spacial score (nSPS) is 17.3. The lowest BCUT2D eigenvalue weighted by molar-refractivity contribution is -0.125. The van der Waals surface area contributed by atoms with E-state index in [2.05, 4.69) is 11.4 Å². The number of nitrogens with zero attached hydrogens (tertiary/aromatic N) is 1. The van der Waals surface area contributed by atoms with Gasteiger partial charge in [0, 0.05) is 0 Å². The first-order valence-electron chi connectivity index (χ1n) is 7.08. The highest BCUT2D eigenvalue weighted by Gasteiger charge is 2.32. The molecule has 6 heteroatoms. The van der Waals surface area contributed by atoms with Crippen LogP contribution in [0.25, 0.3) is 0 Å². The van der Waals surface area contributed by atoms with Crippen LogP contribution in [0.3, 0.4) is 0 Å². The molecule has 1 N–H and O–H groups in total. The van der Waals surface area contributed by atoms with E-state index in [1.807, 2.05) is 0 Å². The molecule has 0 spiro atoms. The minimum atomic E-state index is -0.803. The average Bonchev–Trinajstić information content (AvgIpc) is 2.93. The summed E-state index contributed by atoms with van der Waals surface area (Å²) in [6.45, 7) is -0.347. The second kappa shape index (κ2) is 7.23. The molecule has 0 aliphatic heterocycles. The van der Waals surface area contributed by atoms with Crippen molar-refractivity contribution in [3.63, 3.8) is 0 Å². The highest BCUT2D eigenvalue weighted by atomic mass is 32.1. The van der Waals surface area contributed by atoms with Crippen molar-refractivity contribution in [1.29, 1.82) is 5.26 Å². The zero-order chi connectivity index (χ0) is 15.1. The van der Waals surface area contributed by atoms with Gasteiger partial charge in [-0.2, -0.15) is 5.26 Å². The molecule has 0 atom stereocenters. The number of carbonyl (C=O) groups is 2. The van der Waals surface area contributed by atoms with E-state index in [0.717, 1.165) is 25.7 Å². The van der Waals surface area contributed by atoms with Gasteiger partial charge in [0.05, 0.1) is 6.07 Å². The molecule has 0 aromatic carbocycles. The van der Waals surface area contributed by atoms with Gasteiger partial charge in [0.25, 0.3) is 5.91 Å². The number of hydrogen-bond donors (Lipinski definition) is 1. The van der Waals surface area contributed by atoms with E-state index in [9.17, 15) is 14.9 Å². The number of hydrogen-bond acceptors (Lipinski definition) is 5. The second-order valence-corrected chi connectivity index (χ2v) is 6.16. The third-order valence-corrected chi connectivity index (χ3v) is 4.46. The zero-order valence-electron chi connectivity index (χ0n) is 11.8. The molecule has 1 amide bonds. The van der Waals surface area contributed by atoms with Crippen LogP contribution in [0.2, 0.25) is 0 Å². The van der Waals surface area contributed by atoms with E-state index < -0.39 is 17.4 Å². The lowest BCUT2D eigenvalue weighted by Crippen LogP contribution is -2.48. The summed E-state index contributed by atoms with van der Waals surface area (Å²) in [5, 5.41) is 13.9. The molecule has 1 aromatic rings. The topological polar surface area (TPSA) is 79.2 Å². The number of esters is 1. The number of ether oxygens (including phenoxy) is 1. The highest BCUT2D eigenvalue weighted by Crippen LogP contribution is 2.26. The van der Waals surface area contributed by atoms with Gasteiger partial charge < -0.3 is 10.1 Å². The maximum atomic E-state index is 11.9. The molecule has 1 aliphatic carbocycles. The monoisotopic (exact) mass is 306 g/mol. The Morgan fingerprint density at radius 3 is 2.62 bits per heavy atom. The van der Waals surface area contributed by atoms with Crippen molar-refractivity contribution in [2.75, 3.05) is 6.61 Å². The fraction of sp³-hybridized carbons (Fsp3) is 0.533. The van der Waals surface area contributed by atoms with E-state index >= 15 is 0 Å². The summed E-state index contributed by atoms with van der Waals surface area (Å²) >= 11 is 1.27. The predicted octanol–water partition coefficient (Wildman–Crippen LogP) is 2.64. The summed E-state index contributed by atoms with van der Waals surface area (Å²) in [7, 11) is 0. The fourth-order valence-corrected chi connectivity index (χ4v) is 3.11. The minimum Gasteiger partial charge on any atom is -0.451 e. The van der Waals surface area contributed by atoms with Gasteiger partial charge in [-0.25, -0.2) is 4.79 Å². The molecule has 1 heterocycles. The Kier molecular flexibility index (Phi) is 5.34. The maximum absolute atomic E-state index is 11.9. The van der Waals surface area contributed by atoms with Crippen LogP contribution in [0.5, 0.6) is 0 Å². The molecule has 112 valence electrons. The predicted molar refractivity (Wildman–Crippen MR) is 78.8 cm³/mol. The second-order valence-electron chi connectivity index (χ2n) is 5.21. The molecule has 1 aromatic heterocycles. The molecule has 0 saturated heterocycles. The summed E-state index contributed by atoms with van der Waals surface area (Å²) in [6.07, 6.45) is 5.37. The number of nitriles is 1. The minimum absolute atomic E-state index is 0.347. The molecule has 1 aliphatic rings. The number of thiophene rings is 1. The number of amides is 1. The number of carbonyl (C=O) groups excluding carboxylic acids is 2. The molecule has 0 bridgehead atoms. The van der Waals surface area contributed by atoms with Gasteiger partial charge in [0.15, 0.2) is 6.61 Å². The van der Waals surface area contributed by atoms with E-state index in [1.54, 1.807) is 17.5 Å². The van der Waals surface area contributed by atoms with Gasteiger partial charge in [-0.1, -0.05) is 31.7 Å². The van der Waals surface area contributed by atoms with Crippen LogP contribution in [-0.2, 0) is 9.53 Å². The molecular formula is C15H18N2O3S. The van der Waals surface area contributed by atoms with Crippen LogP contribution in [-0.4, -0.2) is 24.0 Å². The Morgan fingerprint density at radius 1 is 1.33 bits per heavy atom. The Balaban J connectivity index is 1.85. The van der Waals surface area contributed by atoms with E-state index in [-0.39, 0.29) is 6.61 Å². The summed E-state index contributed by atoms with van der Waals surface area (Å²) in [5.41, 5.74) is -0.803. The Morgan fingerprint density at radius 2 is 2.05 bits per heavy atom. The third kappa shape index (κ3) is 4.30. The SMILES string of the molecule is N#CC1(NC(=O)COC(=O)c2cccs2)CCCCCC1. The number of nitrogens with one attached hydrogen (secondary N) is 1. The highest BCUT2D eigenvalue weighted by molar-refractivity contribution is 7.11. The van der Waals surface area contributed by atoms with Gasteiger partial charge in [-0.15, -0.1) is 11.3 Å². The first-order valence-corrected chi connectivity index (χ1v) is 7.96. The Labute approximate surface area is 127 Å². The Bertz CT molecular complexity index is 526. The van der Waals surface area contributed by atoms with Gasteiger partial charge in [-0.3, -0.25) is 4.79 Å². The van der Waals surface area contributed by atoms with Crippen LogP contribution in [0.4, 0.5) is 0 Å². The van der Waals surface area contributed by atoms with Gasteiger partial charge in [0.1, 0.15) is 10.4 Å². The molecule has 0 unspecified atom stereocenters. The lowest BCUT2D eigenvalue weighted by atomic mass is 9.92. The fourth-order valence-electron chi connectivity index (χ4n) is 2.50. The van der Waals surface area contributed by atoms with E-state index in [1.165, 1.54) is 11.3 Å². The van der Waals surface area contributed by atoms with Gasteiger partial charge in [-0.05, 0) is 24.3 Å².